The zero-order chi connectivity index (χ0) is 16.3. The molecule has 2 aromatic rings. The summed E-state index contributed by atoms with van der Waals surface area (Å²) in [6, 6.07) is 12.8. The molecule has 1 amide bonds. The minimum Gasteiger partial charge on any atom is -0.310 e. The number of halogens is 1. The summed E-state index contributed by atoms with van der Waals surface area (Å²) in [5.74, 6) is -0.726. The Labute approximate surface area is 134 Å². The molecule has 0 aromatic heterocycles. The molecule has 116 valence electrons. The Balaban J connectivity index is 2.26. The van der Waals surface area contributed by atoms with Crippen molar-refractivity contribution in [3.05, 3.63) is 70.2 Å². The summed E-state index contributed by atoms with van der Waals surface area (Å²) in [5.41, 5.74) is 7.07. The quantitative estimate of drug-likeness (QED) is 0.895. The molecule has 7 heteroatoms. The Morgan fingerprint density at radius 3 is 2.45 bits per heavy atom. The molecule has 0 spiro atoms. The first-order valence-corrected chi connectivity index (χ1v) is 8.36. The summed E-state index contributed by atoms with van der Waals surface area (Å²) in [6.07, 6.45) is 0. The molecule has 3 N–H and O–H groups in total. The lowest BCUT2D eigenvalue weighted by Crippen LogP contribution is -2.38. The number of rotatable bonds is 4. The lowest BCUT2D eigenvalue weighted by atomic mass is 10.1. The van der Waals surface area contributed by atoms with Crippen LogP contribution in [-0.4, -0.2) is 14.3 Å². The van der Waals surface area contributed by atoms with Gasteiger partial charge in [-0.25, -0.2) is 13.1 Å². The third kappa shape index (κ3) is 3.65. The Morgan fingerprint density at radius 2 is 1.82 bits per heavy atom. The number of benzene rings is 2. The van der Waals surface area contributed by atoms with Gasteiger partial charge in [0.1, 0.15) is 0 Å². The van der Waals surface area contributed by atoms with Gasteiger partial charge in [-0.05, 0) is 42.3 Å². The zero-order valence-electron chi connectivity index (χ0n) is 11.8. The molecule has 22 heavy (non-hydrogen) atoms. The SMILES string of the molecule is Cc1ccc(Cl)cc1C(N)S(=O)(=O)NC(=O)c1ccccc1. The Hall–Kier alpha value is -1.89. The van der Waals surface area contributed by atoms with Gasteiger partial charge in [-0.15, -0.1) is 0 Å². The second-order valence-corrected chi connectivity index (χ2v) is 7.00. The van der Waals surface area contributed by atoms with Crippen LogP contribution >= 0.6 is 11.6 Å². The molecule has 0 saturated carbocycles. The van der Waals surface area contributed by atoms with Gasteiger partial charge < -0.3 is 5.73 Å². The van der Waals surface area contributed by atoms with Crippen LogP contribution in [0.3, 0.4) is 0 Å². The molecular formula is C15H15ClN2O3S. The van der Waals surface area contributed by atoms with E-state index < -0.39 is 21.3 Å². The molecule has 0 aliphatic carbocycles. The van der Waals surface area contributed by atoms with Crippen molar-refractivity contribution in [2.45, 2.75) is 12.3 Å². The molecule has 2 aromatic carbocycles. The van der Waals surface area contributed by atoms with E-state index in [-0.39, 0.29) is 5.56 Å². The van der Waals surface area contributed by atoms with Crippen molar-refractivity contribution in [1.29, 1.82) is 0 Å². The largest absolute Gasteiger partial charge is 0.310 e. The molecule has 0 fully saturated rings. The summed E-state index contributed by atoms with van der Waals surface area (Å²) in [6.45, 7) is 1.72. The van der Waals surface area contributed by atoms with Crippen LogP contribution in [0.4, 0.5) is 0 Å². The highest BCUT2D eigenvalue weighted by Crippen LogP contribution is 2.23. The predicted octanol–water partition coefficient (Wildman–Crippen LogP) is 2.37. The van der Waals surface area contributed by atoms with Gasteiger partial charge in [0.25, 0.3) is 15.9 Å². The first kappa shape index (κ1) is 16.5. The van der Waals surface area contributed by atoms with Crippen molar-refractivity contribution in [2.24, 2.45) is 5.73 Å². The van der Waals surface area contributed by atoms with E-state index in [2.05, 4.69) is 0 Å². The zero-order valence-corrected chi connectivity index (χ0v) is 13.4. The van der Waals surface area contributed by atoms with Crippen LogP contribution in [0.15, 0.2) is 48.5 Å². The van der Waals surface area contributed by atoms with Crippen LogP contribution in [0.5, 0.6) is 0 Å². The van der Waals surface area contributed by atoms with Crippen LogP contribution in [-0.2, 0) is 10.0 Å². The minimum absolute atomic E-state index is 0.237. The highest BCUT2D eigenvalue weighted by atomic mass is 35.5. The van der Waals surface area contributed by atoms with Crippen LogP contribution in [0.1, 0.15) is 26.9 Å². The maximum atomic E-state index is 12.3. The van der Waals surface area contributed by atoms with Crippen molar-refractivity contribution in [3.8, 4) is 0 Å². The number of aryl methyl sites for hydroxylation is 1. The molecule has 0 aliphatic heterocycles. The molecule has 0 aliphatic rings. The van der Waals surface area contributed by atoms with Crippen LogP contribution < -0.4 is 10.5 Å². The summed E-state index contributed by atoms with van der Waals surface area (Å²) in [7, 11) is -4.08. The smallest absolute Gasteiger partial charge is 0.264 e. The van der Waals surface area contributed by atoms with E-state index >= 15 is 0 Å². The topological polar surface area (TPSA) is 89.3 Å². The minimum atomic E-state index is -4.08. The molecule has 0 radical (unpaired) electrons. The van der Waals surface area contributed by atoms with Gasteiger partial charge in [-0.2, -0.15) is 0 Å². The average molecular weight is 339 g/mol. The third-order valence-electron chi connectivity index (χ3n) is 3.15. The van der Waals surface area contributed by atoms with Crippen molar-refractivity contribution in [3.63, 3.8) is 0 Å². The van der Waals surface area contributed by atoms with E-state index in [1.165, 1.54) is 18.2 Å². The fourth-order valence-electron chi connectivity index (χ4n) is 1.93. The Bertz CT molecular complexity index is 792. The summed E-state index contributed by atoms with van der Waals surface area (Å²) in [4.78, 5) is 12.0. The Kier molecular flexibility index (Phi) is 4.85. The summed E-state index contributed by atoms with van der Waals surface area (Å²) < 4.78 is 26.5. The molecule has 5 nitrogen and oxygen atoms in total. The Morgan fingerprint density at radius 1 is 1.18 bits per heavy atom. The van der Waals surface area contributed by atoms with Crippen LogP contribution in [0, 0.1) is 6.92 Å². The summed E-state index contributed by atoms with van der Waals surface area (Å²) in [5, 5.41) is -1.01. The second-order valence-electron chi connectivity index (χ2n) is 4.76. The maximum Gasteiger partial charge on any atom is 0.264 e. The van der Waals surface area contributed by atoms with E-state index in [4.69, 9.17) is 17.3 Å². The second kappa shape index (κ2) is 6.48. The van der Waals surface area contributed by atoms with Crippen molar-refractivity contribution >= 4 is 27.5 Å². The normalized spacial score (nSPS) is 12.7. The van der Waals surface area contributed by atoms with Gasteiger partial charge in [0, 0.05) is 10.6 Å². The average Bonchev–Trinajstić information content (AvgIpc) is 2.49. The number of nitrogens with two attached hydrogens (primary N) is 1. The maximum absolute atomic E-state index is 12.3. The number of carbonyl (C=O) groups is 1. The lowest BCUT2D eigenvalue weighted by Gasteiger charge is -2.16. The first-order chi connectivity index (χ1) is 10.3. The van der Waals surface area contributed by atoms with Gasteiger partial charge in [-0.3, -0.25) is 4.79 Å². The van der Waals surface area contributed by atoms with Gasteiger partial charge in [0.15, 0.2) is 5.37 Å². The highest BCUT2D eigenvalue weighted by Gasteiger charge is 2.27. The molecular weight excluding hydrogens is 324 g/mol. The van der Waals surface area contributed by atoms with Gasteiger partial charge in [0.2, 0.25) is 0 Å². The standard InChI is InChI=1S/C15H15ClN2O3S/c1-10-7-8-12(16)9-13(10)14(17)22(20,21)18-15(19)11-5-3-2-4-6-11/h2-9,14H,17H2,1H3,(H,18,19). The van der Waals surface area contributed by atoms with E-state index in [1.807, 2.05) is 4.72 Å². The molecule has 0 heterocycles. The van der Waals surface area contributed by atoms with Gasteiger partial charge in [0.05, 0.1) is 0 Å². The van der Waals surface area contributed by atoms with Crippen molar-refractivity contribution in [1.82, 2.24) is 4.72 Å². The van der Waals surface area contributed by atoms with E-state index in [1.54, 1.807) is 37.3 Å². The number of sulfonamides is 1. The van der Waals surface area contributed by atoms with Crippen LogP contribution in [0.2, 0.25) is 5.02 Å². The number of hydrogen-bond donors (Lipinski definition) is 2. The van der Waals surface area contributed by atoms with Crippen LogP contribution in [0.25, 0.3) is 0 Å². The molecule has 0 bridgehead atoms. The molecule has 1 unspecified atom stereocenters. The number of carbonyl (C=O) groups excluding carboxylic acids is 1. The fourth-order valence-corrected chi connectivity index (χ4v) is 3.20. The van der Waals surface area contributed by atoms with E-state index in [0.29, 0.717) is 16.1 Å². The van der Waals surface area contributed by atoms with Crippen molar-refractivity contribution < 1.29 is 13.2 Å². The van der Waals surface area contributed by atoms with Gasteiger partial charge >= 0.3 is 0 Å². The molecule has 1 atom stereocenters. The van der Waals surface area contributed by atoms with Gasteiger partial charge in [-0.1, -0.05) is 35.9 Å². The number of nitrogens with one attached hydrogen (secondary N) is 1. The van der Waals surface area contributed by atoms with E-state index in [0.717, 1.165) is 0 Å². The fraction of sp³-hybridized carbons (Fsp3) is 0.133. The molecule has 0 saturated heterocycles. The lowest BCUT2D eigenvalue weighted by molar-refractivity contribution is 0.0981. The number of hydrogen-bond acceptors (Lipinski definition) is 4. The molecule has 2 rings (SSSR count). The highest BCUT2D eigenvalue weighted by molar-refractivity contribution is 7.90. The number of amides is 1. The van der Waals surface area contributed by atoms with E-state index in [9.17, 15) is 13.2 Å². The third-order valence-corrected chi connectivity index (χ3v) is 4.78. The predicted molar refractivity (Wildman–Crippen MR) is 85.9 cm³/mol. The van der Waals surface area contributed by atoms with Crippen molar-refractivity contribution in [2.75, 3.05) is 0 Å². The first-order valence-electron chi connectivity index (χ1n) is 6.44. The summed E-state index contributed by atoms with van der Waals surface area (Å²) >= 11 is 5.87. The monoisotopic (exact) mass is 338 g/mol.